The molecule has 0 bridgehead atoms. The lowest BCUT2D eigenvalue weighted by Crippen LogP contribution is -2.39. The Hall–Kier alpha value is -1.65. The maximum atomic E-state index is 12.6. The zero-order valence-electron chi connectivity index (χ0n) is 12.2. The second-order valence-corrected chi connectivity index (χ2v) is 5.80. The Balaban J connectivity index is 1.77. The van der Waals surface area contributed by atoms with Crippen LogP contribution in [0.4, 0.5) is 0 Å². The van der Waals surface area contributed by atoms with Crippen LogP contribution in [0.2, 0.25) is 0 Å². The number of nitrogens with zero attached hydrogens (tertiary/aromatic N) is 1. The Labute approximate surface area is 124 Å². The summed E-state index contributed by atoms with van der Waals surface area (Å²) in [6.07, 6.45) is 6.54. The number of aromatic amines is 1. The molecule has 1 aliphatic rings. The van der Waals surface area contributed by atoms with E-state index in [2.05, 4.69) is 9.88 Å². The molecule has 112 valence electrons. The number of aromatic nitrogens is 1. The molecule has 2 aromatic rings. The third-order valence-corrected chi connectivity index (χ3v) is 4.46. The zero-order chi connectivity index (χ0) is 14.7. The van der Waals surface area contributed by atoms with Gasteiger partial charge in [-0.15, -0.1) is 0 Å². The van der Waals surface area contributed by atoms with E-state index in [1.807, 2.05) is 24.3 Å². The van der Waals surface area contributed by atoms with Crippen LogP contribution in [0.25, 0.3) is 10.9 Å². The molecule has 1 heterocycles. The lowest BCUT2D eigenvalue weighted by Gasteiger charge is -2.27. The number of fused-ring (bicyclic) bond motifs is 1. The first-order valence-corrected chi connectivity index (χ1v) is 7.74. The van der Waals surface area contributed by atoms with Crippen molar-refractivity contribution in [2.45, 2.75) is 31.7 Å². The number of carbonyl (C=O) groups excluding carboxylic acids is 1. The predicted molar refractivity (Wildman–Crippen MR) is 83.5 cm³/mol. The van der Waals surface area contributed by atoms with Crippen LogP contribution in [0.3, 0.4) is 0 Å². The average Bonchev–Trinajstić information content (AvgIpc) is 3.16. The molecular weight excluding hydrogens is 264 g/mol. The number of H-pyrrole nitrogens is 1. The zero-order valence-corrected chi connectivity index (χ0v) is 12.2. The summed E-state index contributed by atoms with van der Waals surface area (Å²) in [5.74, 6) is 0.132. The molecule has 21 heavy (non-hydrogen) atoms. The van der Waals surface area contributed by atoms with Crippen LogP contribution in [0, 0.1) is 0 Å². The molecule has 1 aromatic heterocycles. The maximum absolute atomic E-state index is 12.6. The van der Waals surface area contributed by atoms with E-state index in [1.165, 1.54) is 12.8 Å². The van der Waals surface area contributed by atoms with Crippen molar-refractivity contribution in [3.8, 4) is 0 Å². The minimum absolute atomic E-state index is 0.109. The van der Waals surface area contributed by atoms with Crippen LogP contribution in [0.15, 0.2) is 30.5 Å². The Morgan fingerprint density at radius 3 is 2.81 bits per heavy atom. The fraction of sp³-hybridized carbons (Fsp3) is 0.471. The molecule has 4 nitrogen and oxygen atoms in total. The van der Waals surface area contributed by atoms with E-state index in [4.69, 9.17) is 0 Å². The van der Waals surface area contributed by atoms with Crippen molar-refractivity contribution in [2.75, 3.05) is 19.7 Å². The molecule has 3 rings (SSSR count). The summed E-state index contributed by atoms with van der Waals surface area (Å²) in [5.41, 5.74) is 1.75. The van der Waals surface area contributed by atoms with Gasteiger partial charge in [0.15, 0.2) is 5.78 Å². The van der Waals surface area contributed by atoms with Crippen molar-refractivity contribution in [1.29, 1.82) is 0 Å². The quantitative estimate of drug-likeness (QED) is 0.803. The molecule has 1 fully saturated rings. The Kier molecular flexibility index (Phi) is 4.36. The molecule has 1 saturated carbocycles. The van der Waals surface area contributed by atoms with Gasteiger partial charge in [-0.2, -0.15) is 0 Å². The summed E-state index contributed by atoms with van der Waals surface area (Å²) in [6, 6.07) is 8.32. The van der Waals surface area contributed by atoms with Gasteiger partial charge >= 0.3 is 0 Å². The van der Waals surface area contributed by atoms with Crippen LogP contribution in [-0.2, 0) is 0 Å². The first-order chi connectivity index (χ1) is 10.3. The van der Waals surface area contributed by atoms with Gasteiger partial charge in [-0.25, -0.2) is 0 Å². The topological polar surface area (TPSA) is 56.3 Å². The van der Waals surface area contributed by atoms with Gasteiger partial charge in [0.05, 0.1) is 13.2 Å². The number of carbonyl (C=O) groups is 1. The summed E-state index contributed by atoms with van der Waals surface area (Å²) in [6.45, 7) is 1.09. The number of ketones is 1. The summed E-state index contributed by atoms with van der Waals surface area (Å²) in [5, 5.41) is 10.2. The number of benzene rings is 1. The van der Waals surface area contributed by atoms with E-state index in [0.29, 0.717) is 19.1 Å². The normalized spacial score (nSPS) is 16.1. The number of para-hydroxylation sites is 1. The van der Waals surface area contributed by atoms with E-state index in [-0.39, 0.29) is 12.4 Å². The number of Topliss-reactive ketones (excluding diaryl/α,β-unsaturated/α-hetero) is 1. The number of hydrogen-bond donors (Lipinski definition) is 2. The van der Waals surface area contributed by atoms with E-state index in [0.717, 1.165) is 29.3 Å². The summed E-state index contributed by atoms with van der Waals surface area (Å²) < 4.78 is 0. The highest BCUT2D eigenvalue weighted by Gasteiger charge is 2.25. The van der Waals surface area contributed by atoms with Crippen LogP contribution in [0.5, 0.6) is 0 Å². The molecule has 0 saturated heterocycles. The molecule has 0 unspecified atom stereocenters. The second kappa shape index (κ2) is 6.41. The Morgan fingerprint density at radius 2 is 2.05 bits per heavy atom. The molecule has 1 aliphatic carbocycles. The molecule has 1 aromatic carbocycles. The van der Waals surface area contributed by atoms with Crippen LogP contribution in [0.1, 0.15) is 36.0 Å². The highest BCUT2D eigenvalue weighted by molar-refractivity contribution is 6.08. The fourth-order valence-corrected chi connectivity index (χ4v) is 3.36. The maximum Gasteiger partial charge on any atom is 0.178 e. The number of rotatable bonds is 6. The molecule has 0 atom stereocenters. The monoisotopic (exact) mass is 286 g/mol. The number of hydrogen-bond acceptors (Lipinski definition) is 3. The van der Waals surface area contributed by atoms with Crippen molar-refractivity contribution in [2.24, 2.45) is 0 Å². The number of nitrogens with one attached hydrogen (secondary N) is 1. The third kappa shape index (κ3) is 3.01. The smallest absolute Gasteiger partial charge is 0.178 e. The van der Waals surface area contributed by atoms with Crippen LogP contribution < -0.4 is 0 Å². The van der Waals surface area contributed by atoms with Crippen LogP contribution >= 0.6 is 0 Å². The largest absolute Gasteiger partial charge is 0.395 e. The Bertz CT molecular complexity index is 614. The fourth-order valence-electron chi connectivity index (χ4n) is 3.36. The molecule has 0 aliphatic heterocycles. The van der Waals surface area contributed by atoms with Crippen molar-refractivity contribution in [1.82, 2.24) is 9.88 Å². The molecule has 0 radical (unpaired) electrons. The van der Waals surface area contributed by atoms with E-state index >= 15 is 0 Å². The summed E-state index contributed by atoms with van der Waals surface area (Å²) in [7, 11) is 0. The van der Waals surface area contributed by atoms with Crippen LogP contribution in [-0.4, -0.2) is 46.5 Å². The number of aliphatic hydroxyl groups is 1. The lowest BCUT2D eigenvalue weighted by molar-refractivity contribution is 0.0864. The van der Waals surface area contributed by atoms with Gasteiger partial charge in [0.2, 0.25) is 0 Å². The Morgan fingerprint density at radius 1 is 1.29 bits per heavy atom. The van der Waals surface area contributed by atoms with Gasteiger partial charge < -0.3 is 10.1 Å². The molecule has 0 amide bonds. The second-order valence-electron chi connectivity index (χ2n) is 5.80. The first kappa shape index (κ1) is 14.3. The SMILES string of the molecule is O=C(CN(CCO)C1CCCC1)c1c[nH]c2ccccc12. The van der Waals surface area contributed by atoms with Gasteiger partial charge in [-0.1, -0.05) is 31.0 Å². The highest BCUT2D eigenvalue weighted by atomic mass is 16.3. The standard InChI is InChI=1S/C17H22N2O2/c20-10-9-19(13-5-1-2-6-13)12-17(21)15-11-18-16-8-4-3-7-14(15)16/h3-4,7-8,11,13,18,20H,1-2,5-6,9-10,12H2. The van der Waals surface area contributed by atoms with Gasteiger partial charge in [-0.3, -0.25) is 9.69 Å². The molecular formula is C17H22N2O2. The molecule has 2 N–H and O–H groups in total. The molecule has 4 heteroatoms. The van der Waals surface area contributed by atoms with Gasteiger partial charge in [0, 0.05) is 35.2 Å². The van der Waals surface area contributed by atoms with Crippen molar-refractivity contribution >= 4 is 16.7 Å². The average molecular weight is 286 g/mol. The van der Waals surface area contributed by atoms with Crippen molar-refractivity contribution in [3.05, 3.63) is 36.0 Å². The minimum Gasteiger partial charge on any atom is -0.395 e. The van der Waals surface area contributed by atoms with Crippen molar-refractivity contribution in [3.63, 3.8) is 0 Å². The van der Waals surface area contributed by atoms with E-state index in [9.17, 15) is 9.90 Å². The number of aliphatic hydroxyl groups excluding tert-OH is 1. The van der Waals surface area contributed by atoms with E-state index in [1.54, 1.807) is 6.20 Å². The van der Waals surface area contributed by atoms with E-state index < -0.39 is 0 Å². The highest BCUT2D eigenvalue weighted by Crippen LogP contribution is 2.24. The van der Waals surface area contributed by atoms with Crippen molar-refractivity contribution < 1.29 is 9.90 Å². The summed E-state index contributed by atoms with van der Waals surface area (Å²) >= 11 is 0. The first-order valence-electron chi connectivity index (χ1n) is 7.74. The van der Waals surface area contributed by atoms with Gasteiger partial charge in [0.1, 0.15) is 0 Å². The lowest BCUT2D eigenvalue weighted by atomic mass is 10.1. The summed E-state index contributed by atoms with van der Waals surface area (Å²) in [4.78, 5) is 17.9. The predicted octanol–water partition coefficient (Wildman–Crippen LogP) is 2.59. The minimum atomic E-state index is 0.109. The van der Waals surface area contributed by atoms with Gasteiger partial charge in [0.25, 0.3) is 0 Å². The molecule has 0 spiro atoms. The third-order valence-electron chi connectivity index (χ3n) is 4.46. The van der Waals surface area contributed by atoms with Gasteiger partial charge in [-0.05, 0) is 18.9 Å².